The molecule has 106 valence electrons. The Morgan fingerprint density at radius 1 is 1.05 bits per heavy atom. The zero-order chi connectivity index (χ0) is 14.9. The Balaban J connectivity index is 2.42. The maximum atomic E-state index is 13.5. The first-order chi connectivity index (χ1) is 9.42. The molecule has 2 aromatic carbocycles. The van der Waals surface area contributed by atoms with Gasteiger partial charge in [0.1, 0.15) is 5.75 Å². The van der Waals surface area contributed by atoms with Gasteiger partial charge in [0.05, 0.1) is 22.8 Å². The van der Waals surface area contributed by atoms with Gasteiger partial charge in [-0.05, 0) is 22.0 Å². The van der Waals surface area contributed by atoms with E-state index in [0.29, 0.717) is 20.3 Å². The van der Waals surface area contributed by atoms with Crippen LogP contribution in [0.25, 0.3) is 0 Å². The fourth-order valence-electron chi connectivity index (χ4n) is 1.50. The lowest BCUT2D eigenvalue weighted by Gasteiger charge is -2.12. The van der Waals surface area contributed by atoms with Crippen LogP contribution in [0.3, 0.4) is 0 Å². The molecule has 0 aliphatic heterocycles. The molecule has 0 aliphatic rings. The van der Waals surface area contributed by atoms with E-state index in [1.165, 1.54) is 19.2 Å². The molecule has 7 heteroatoms. The Kier molecular flexibility index (Phi) is 4.62. The third-order valence-corrected chi connectivity index (χ3v) is 3.97. The number of methoxy groups -OCH3 is 1. The molecule has 0 aliphatic carbocycles. The van der Waals surface area contributed by atoms with E-state index < -0.39 is 5.82 Å². The van der Waals surface area contributed by atoms with E-state index >= 15 is 0 Å². The van der Waals surface area contributed by atoms with Crippen LogP contribution in [0.15, 0.2) is 28.7 Å². The summed E-state index contributed by atoms with van der Waals surface area (Å²) in [6.07, 6.45) is 0. The minimum Gasteiger partial charge on any atom is -0.494 e. The van der Waals surface area contributed by atoms with Crippen LogP contribution in [-0.4, -0.2) is 7.11 Å². The third kappa shape index (κ3) is 3.11. The predicted molar refractivity (Wildman–Crippen MR) is 81.6 cm³/mol. The predicted octanol–water partition coefficient (Wildman–Crippen LogP) is 5.28. The van der Waals surface area contributed by atoms with Crippen molar-refractivity contribution in [3.63, 3.8) is 0 Å². The fourth-order valence-corrected chi connectivity index (χ4v) is 2.33. The van der Waals surface area contributed by atoms with Crippen molar-refractivity contribution in [2.75, 3.05) is 12.8 Å². The quantitative estimate of drug-likeness (QED) is 0.582. The lowest BCUT2D eigenvalue weighted by Crippen LogP contribution is -1.96. The number of rotatable bonds is 3. The molecule has 0 radical (unpaired) electrons. The number of hydrogen-bond acceptors (Lipinski definition) is 3. The van der Waals surface area contributed by atoms with E-state index in [4.69, 9.17) is 38.4 Å². The van der Waals surface area contributed by atoms with E-state index in [1.54, 1.807) is 6.07 Å². The number of nitrogens with two attached hydrogens (primary N) is 1. The number of nitrogen functional groups attached to an aromatic ring is 1. The Hall–Kier alpha value is -1.17. The highest BCUT2D eigenvalue weighted by atomic mass is 79.9. The molecule has 3 nitrogen and oxygen atoms in total. The van der Waals surface area contributed by atoms with Gasteiger partial charge in [0.25, 0.3) is 0 Å². The van der Waals surface area contributed by atoms with Crippen LogP contribution in [0, 0.1) is 5.82 Å². The number of halogens is 4. The summed E-state index contributed by atoms with van der Waals surface area (Å²) in [6, 6.07) is 5.58. The van der Waals surface area contributed by atoms with Gasteiger partial charge in [0.15, 0.2) is 17.3 Å². The van der Waals surface area contributed by atoms with Gasteiger partial charge in [0.2, 0.25) is 0 Å². The first-order valence-electron chi connectivity index (χ1n) is 5.37. The first-order valence-corrected chi connectivity index (χ1v) is 6.92. The van der Waals surface area contributed by atoms with Crippen molar-refractivity contribution < 1.29 is 13.9 Å². The van der Waals surface area contributed by atoms with Crippen molar-refractivity contribution in [2.24, 2.45) is 0 Å². The molecule has 0 bridgehead atoms. The number of hydrogen-bond donors (Lipinski definition) is 1. The second kappa shape index (κ2) is 6.08. The van der Waals surface area contributed by atoms with Gasteiger partial charge >= 0.3 is 0 Å². The highest BCUT2D eigenvalue weighted by molar-refractivity contribution is 9.10. The summed E-state index contributed by atoms with van der Waals surface area (Å²) in [4.78, 5) is 0. The minimum absolute atomic E-state index is 0.0218. The largest absolute Gasteiger partial charge is 0.494 e. The van der Waals surface area contributed by atoms with Crippen LogP contribution in [-0.2, 0) is 0 Å². The van der Waals surface area contributed by atoms with Gasteiger partial charge in [-0.1, -0.05) is 23.2 Å². The van der Waals surface area contributed by atoms with E-state index in [2.05, 4.69) is 15.9 Å². The summed E-state index contributed by atoms with van der Waals surface area (Å²) in [5.41, 5.74) is 5.83. The molecule has 0 amide bonds. The summed E-state index contributed by atoms with van der Waals surface area (Å²) >= 11 is 15.3. The lowest BCUT2D eigenvalue weighted by molar-refractivity contribution is 0.382. The smallest absolute Gasteiger partial charge is 0.167 e. The molecule has 0 heterocycles. The van der Waals surface area contributed by atoms with Gasteiger partial charge in [-0.15, -0.1) is 0 Å². The zero-order valence-corrected chi connectivity index (χ0v) is 13.3. The van der Waals surface area contributed by atoms with Crippen LogP contribution in [0.4, 0.5) is 10.1 Å². The summed E-state index contributed by atoms with van der Waals surface area (Å²) in [5.74, 6) is -0.0189. The van der Waals surface area contributed by atoms with E-state index in [-0.39, 0.29) is 17.2 Å². The molecule has 2 rings (SSSR count). The van der Waals surface area contributed by atoms with Gasteiger partial charge in [-0.3, -0.25) is 0 Å². The average molecular weight is 381 g/mol. The average Bonchev–Trinajstić information content (AvgIpc) is 2.38. The summed E-state index contributed by atoms with van der Waals surface area (Å²) < 4.78 is 24.5. The van der Waals surface area contributed by atoms with E-state index in [1.807, 2.05) is 0 Å². The van der Waals surface area contributed by atoms with Gasteiger partial charge in [-0.25, -0.2) is 4.39 Å². The molecule has 2 aromatic rings. The Labute approximate surface area is 133 Å². The Bertz CT molecular complexity index is 667. The van der Waals surface area contributed by atoms with Crippen molar-refractivity contribution in [2.45, 2.75) is 0 Å². The van der Waals surface area contributed by atoms with E-state index in [9.17, 15) is 4.39 Å². The summed E-state index contributed by atoms with van der Waals surface area (Å²) in [6.45, 7) is 0. The molecule has 2 N–H and O–H groups in total. The maximum absolute atomic E-state index is 13.5. The summed E-state index contributed by atoms with van der Waals surface area (Å²) in [7, 11) is 1.35. The summed E-state index contributed by atoms with van der Waals surface area (Å²) in [5, 5.41) is 0.765. The Morgan fingerprint density at radius 3 is 2.40 bits per heavy atom. The van der Waals surface area contributed by atoms with Gasteiger partial charge < -0.3 is 15.2 Å². The topological polar surface area (TPSA) is 44.5 Å². The third-order valence-electron chi connectivity index (χ3n) is 2.48. The molecule has 0 saturated carbocycles. The molecule has 0 unspecified atom stereocenters. The molecule has 0 atom stereocenters. The second-order valence-corrected chi connectivity index (χ2v) is 5.49. The fraction of sp³-hybridized carbons (Fsp3) is 0.0769. The first kappa shape index (κ1) is 15.2. The van der Waals surface area contributed by atoms with Crippen molar-refractivity contribution >= 4 is 44.8 Å². The molecule has 0 saturated heterocycles. The highest BCUT2D eigenvalue weighted by Gasteiger charge is 2.13. The van der Waals surface area contributed by atoms with Crippen molar-refractivity contribution in [1.29, 1.82) is 0 Å². The van der Waals surface area contributed by atoms with Crippen LogP contribution in [0.5, 0.6) is 17.2 Å². The Morgan fingerprint density at radius 2 is 1.75 bits per heavy atom. The second-order valence-electron chi connectivity index (χ2n) is 3.82. The van der Waals surface area contributed by atoms with Crippen molar-refractivity contribution in [3.05, 3.63) is 44.6 Å². The van der Waals surface area contributed by atoms with Crippen LogP contribution in [0.1, 0.15) is 0 Å². The van der Waals surface area contributed by atoms with Crippen LogP contribution in [0.2, 0.25) is 10.0 Å². The number of ether oxygens (including phenoxy) is 2. The lowest BCUT2D eigenvalue weighted by atomic mass is 10.2. The molecule has 0 spiro atoms. The molecule has 0 aromatic heterocycles. The molecular formula is C13H9BrCl2FNO2. The van der Waals surface area contributed by atoms with Gasteiger partial charge in [0, 0.05) is 22.7 Å². The minimum atomic E-state index is -0.572. The van der Waals surface area contributed by atoms with Crippen LogP contribution >= 0.6 is 39.1 Å². The van der Waals surface area contributed by atoms with Crippen LogP contribution < -0.4 is 15.2 Å². The number of anilines is 1. The van der Waals surface area contributed by atoms with Crippen molar-refractivity contribution in [3.8, 4) is 17.2 Å². The SMILES string of the molecule is COc1cc(Oc2cc(Cl)c(Br)cc2Cl)c(N)cc1F. The molecule has 20 heavy (non-hydrogen) atoms. The molecule has 0 fully saturated rings. The van der Waals surface area contributed by atoms with Gasteiger partial charge in [-0.2, -0.15) is 0 Å². The normalized spacial score (nSPS) is 10.4. The monoisotopic (exact) mass is 379 g/mol. The number of benzene rings is 2. The standard InChI is InChI=1S/C13H9BrCl2FNO2/c1-19-12-5-13(10(18)4-9(12)17)20-11-3-7(15)6(14)2-8(11)16/h2-5H,18H2,1H3. The maximum Gasteiger partial charge on any atom is 0.167 e. The van der Waals surface area contributed by atoms with Crippen molar-refractivity contribution in [1.82, 2.24) is 0 Å². The molecular weight excluding hydrogens is 372 g/mol. The van der Waals surface area contributed by atoms with E-state index in [0.717, 1.165) is 6.07 Å². The highest BCUT2D eigenvalue weighted by Crippen LogP contribution is 2.39. The zero-order valence-electron chi connectivity index (χ0n) is 10.2.